The van der Waals surface area contributed by atoms with E-state index in [-0.39, 0.29) is 5.56 Å². The molecule has 0 aliphatic rings. The average molecular weight is 546 g/mol. The Morgan fingerprint density at radius 3 is 2.00 bits per heavy atom. The lowest BCUT2D eigenvalue weighted by Gasteiger charge is -2.11. The number of allylic oxidation sites excluding steroid dienone is 1. The normalized spacial score (nSPS) is 11.5. The molecule has 0 aliphatic heterocycles. The van der Waals surface area contributed by atoms with Gasteiger partial charge in [0.1, 0.15) is 5.56 Å². The lowest BCUT2D eigenvalue weighted by atomic mass is 10.1. The van der Waals surface area contributed by atoms with E-state index in [4.69, 9.17) is 0 Å². The summed E-state index contributed by atoms with van der Waals surface area (Å²) in [5.74, 6) is -13.8. The van der Waals surface area contributed by atoms with Gasteiger partial charge in [0.25, 0.3) is 0 Å². The molecule has 0 heterocycles. The van der Waals surface area contributed by atoms with Crippen LogP contribution in [-0.4, -0.2) is 15.8 Å². The molecule has 0 saturated carbocycles. The predicted octanol–water partition coefficient (Wildman–Crippen LogP) is 6.77. The number of phenolic OH excluding ortho intramolecular Hbond substituents is 1. The molecule has 33 heavy (non-hydrogen) atoms. The van der Waals surface area contributed by atoms with Crippen LogP contribution in [-0.2, 0) is 0 Å². The monoisotopic (exact) mass is 545 g/mol. The highest BCUT2D eigenvalue weighted by atomic mass is 79.9. The summed E-state index contributed by atoms with van der Waals surface area (Å²) in [4.78, 5) is 22.8. The molecule has 0 aliphatic carbocycles. The Hall–Kier alpha value is -3.25. The molecule has 1 N–H and O–H groups in total. The average Bonchev–Trinajstić information content (AvgIpc) is 2.77. The first-order chi connectivity index (χ1) is 15.5. The van der Waals surface area contributed by atoms with Gasteiger partial charge in [-0.1, -0.05) is 27.7 Å². The highest BCUT2D eigenvalue weighted by Crippen LogP contribution is 2.35. The van der Waals surface area contributed by atoms with Crippen molar-refractivity contribution < 1.29 is 36.8 Å². The first-order valence-electron chi connectivity index (χ1n) is 8.70. The minimum atomic E-state index is -2.41. The number of halogens is 6. The fraction of sp³-hybridized carbons (Fsp3) is 0. The Balaban J connectivity index is 2.17. The molecule has 0 radical (unpaired) electrons. The second-order valence-corrected chi connectivity index (χ2v) is 8.37. The van der Waals surface area contributed by atoms with E-state index in [1.165, 1.54) is 12.1 Å². The SMILES string of the molecule is O=C(C(=Cc1ccc([N+](=O)[O-])c(O)c1)Sc1ccc(Br)cc1)c1c(F)c(F)c(F)c(F)c1F. The molecule has 0 fully saturated rings. The third-order valence-corrected chi connectivity index (χ3v) is 5.76. The summed E-state index contributed by atoms with van der Waals surface area (Å²) in [6.07, 6.45) is 0.997. The molecule has 170 valence electrons. The van der Waals surface area contributed by atoms with Gasteiger partial charge in [0.05, 0.1) is 9.83 Å². The summed E-state index contributed by atoms with van der Waals surface area (Å²) in [5.41, 5.74) is -2.30. The van der Waals surface area contributed by atoms with Crippen LogP contribution in [0.4, 0.5) is 27.6 Å². The quantitative estimate of drug-likeness (QED) is 0.0540. The minimum Gasteiger partial charge on any atom is -0.502 e. The van der Waals surface area contributed by atoms with E-state index in [0.717, 1.165) is 24.3 Å². The molecule has 0 aromatic heterocycles. The molecule has 5 nitrogen and oxygen atoms in total. The summed E-state index contributed by atoms with van der Waals surface area (Å²) in [7, 11) is 0. The number of Topliss-reactive ketones (excluding diaryl/α,β-unsaturated/α-hetero) is 1. The Morgan fingerprint density at radius 1 is 0.939 bits per heavy atom. The van der Waals surface area contributed by atoms with E-state index in [1.807, 2.05) is 0 Å². The molecule has 3 aromatic carbocycles. The van der Waals surface area contributed by atoms with Crippen molar-refractivity contribution in [2.45, 2.75) is 4.90 Å². The molecule has 0 amide bonds. The van der Waals surface area contributed by atoms with Crippen LogP contribution in [0.25, 0.3) is 6.08 Å². The molecule has 0 atom stereocenters. The number of thioether (sulfide) groups is 1. The van der Waals surface area contributed by atoms with E-state index in [1.54, 1.807) is 12.1 Å². The maximum Gasteiger partial charge on any atom is 0.310 e. The van der Waals surface area contributed by atoms with Crippen molar-refractivity contribution in [1.82, 2.24) is 0 Å². The Bertz CT molecular complexity index is 1290. The molecule has 0 unspecified atom stereocenters. The number of carbonyl (C=O) groups is 1. The number of phenols is 1. The Kier molecular flexibility index (Phi) is 7.18. The van der Waals surface area contributed by atoms with Crippen molar-refractivity contribution in [2.75, 3.05) is 0 Å². The van der Waals surface area contributed by atoms with Crippen LogP contribution >= 0.6 is 27.7 Å². The second kappa shape index (κ2) is 9.71. The van der Waals surface area contributed by atoms with Crippen LogP contribution in [0.2, 0.25) is 0 Å². The largest absolute Gasteiger partial charge is 0.502 e. The van der Waals surface area contributed by atoms with Crippen LogP contribution in [0, 0.1) is 39.2 Å². The summed E-state index contributed by atoms with van der Waals surface area (Å²) in [6.45, 7) is 0. The van der Waals surface area contributed by atoms with Gasteiger partial charge < -0.3 is 5.11 Å². The molecule has 0 spiro atoms. The number of ketones is 1. The molecule has 12 heteroatoms. The van der Waals surface area contributed by atoms with E-state index in [0.29, 0.717) is 21.1 Å². The fourth-order valence-electron chi connectivity index (χ4n) is 2.63. The van der Waals surface area contributed by atoms with Crippen molar-refractivity contribution in [2.24, 2.45) is 0 Å². The fourth-order valence-corrected chi connectivity index (χ4v) is 3.81. The standard InChI is InChI=1S/C21H9BrF5NO4S/c22-10-2-4-11(5-3-10)33-14(8-9-1-6-12(28(31)32)13(29)7-9)21(30)15-16(23)18(25)20(27)19(26)17(15)24/h1-8,29H. The lowest BCUT2D eigenvalue weighted by Crippen LogP contribution is -2.13. The zero-order valence-electron chi connectivity index (χ0n) is 15.9. The van der Waals surface area contributed by atoms with E-state index >= 15 is 0 Å². The highest BCUT2D eigenvalue weighted by Gasteiger charge is 2.31. The van der Waals surface area contributed by atoms with Crippen LogP contribution < -0.4 is 0 Å². The van der Waals surface area contributed by atoms with Gasteiger partial charge in [0.15, 0.2) is 29.0 Å². The molecule has 3 aromatic rings. The molecular weight excluding hydrogens is 537 g/mol. The number of benzene rings is 3. The van der Waals surface area contributed by atoms with Crippen molar-refractivity contribution in [3.05, 3.63) is 102 Å². The van der Waals surface area contributed by atoms with Gasteiger partial charge in [-0.05, 0) is 48.0 Å². The maximum atomic E-state index is 14.3. The van der Waals surface area contributed by atoms with Crippen molar-refractivity contribution in [1.29, 1.82) is 0 Å². The van der Waals surface area contributed by atoms with Gasteiger partial charge in [-0.15, -0.1) is 0 Å². The number of hydrogen-bond acceptors (Lipinski definition) is 5. The molecular formula is C21H9BrF5NO4S. The van der Waals surface area contributed by atoms with Crippen LogP contribution in [0.15, 0.2) is 56.7 Å². The van der Waals surface area contributed by atoms with E-state index in [2.05, 4.69) is 15.9 Å². The van der Waals surface area contributed by atoms with Gasteiger partial charge in [0, 0.05) is 15.4 Å². The third-order valence-electron chi connectivity index (χ3n) is 4.20. The van der Waals surface area contributed by atoms with Crippen LogP contribution in [0.3, 0.4) is 0 Å². The zero-order valence-corrected chi connectivity index (χ0v) is 18.3. The second-order valence-electron chi connectivity index (χ2n) is 6.34. The number of hydrogen-bond donors (Lipinski definition) is 1. The number of carbonyl (C=O) groups excluding carboxylic acids is 1. The van der Waals surface area contributed by atoms with Crippen LogP contribution in [0.5, 0.6) is 5.75 Å². The smallest absolute Gasteiger partial charge is 0.310 e. The highest BCUT2D eigenvalue weighted by molar-refractivity contribution is 9.10. The number of nitrogens with zero attached hydrogens (tertiary/aromatic N) is 1. The van der Waals surface area contributed by atoms with Crippen molar-refractivity contribution >= 4 is 45.2 Å². The third kappa shape index (κ3) is 5.06. The Morgan fingerprint density at radius 2 is 1.48 bits per heavy atom. The zero-order chi connectivity index (χ0) is 24.4. The number of nitro groups is 1. The van der Waals surface area contributed by atoms with Gasteiger partial charge in [-0.2, -0.15) is 0 Å². The molecule has 0 saturated heterocycles. The Labute approximate surface area is 194 Å². The van der Waals surface area contributed by atoms with Gasteiger partial charge in [-0.3, -0.25) is 14.9 Å². The minimum absolute atomic E-state index is 0.00469. The number of rotatable bonds is 6. The molecule has 3 rings (SSSR count). The predicted molar refractivity (Wildman–Crippen MR) is 113 cm³/mol. The van der Waals surface area contributed by atoms with Crippen molar-refractivity contribution in [3.8, 4) is 5.75 Å². The first-order valence-corrected chi connectivity index (χ1v) is 10.3. The topological polar surface area (TPSA) is 80.4 Å². The molecule has 0 bridgehead atoms. The van der Waals surface area contributed by atoms with Gasteiger partial charge >= 0.3 is 5.69 Å². The number of aromatic hydroxyl groups is 1. The summed E-state index contributed by atoms with van der Waals surface area (Å²) < 4.78 is 69.9. The summed E-state index contributed by atoms with van der Waals surface area (Å²) in [6, 6.07) is 9.16. The van der Waals surface area contributed by atoms with Crippen LogP contribution in [0.1, 0.15) is 15.9 Å². The van der Waals surface area contributed by atoms with E-state index in [9.17, 15) is 42.0 Å². The first kappa shape index (κ1) is 24.4. The van der Waals surface area contributed by atoms with Crippen molar-refractivity contribution in [3.63, 3.8) is 0 Å². The lowest BCUT2D eigenvalue weighted by molar-refractivity contribution is -0.385. The summed E-state index contributed by atoms with van der Waals surface area (Å²) >= 11 is 3.86. The number of nitro benzene ring substituents is 1. The van der Waals surface area contributed by atoms with E-state index < -0.39 is 61.7 Å². The summed E-state index contributed by atoms with van der Waals surface area (Å²) in [5, 5.41) is 20.7. The maximum absolute atomic E-state index is 14.3. The van der Waals surface area contributed by atoms with Gasteiger partial charge in [-0.25, -0.2) is 22.0 Å². The van der Waals surface area contributed by atoms with Gasteiger partial charge in [0.2, 0.25) is 11.6 Å².